The first kappa shape index (κ1) is 15.4. The molecule has 0 fully saturated rings. The van der Waals surface area contributed by atoms with Crippen molar-refractivity contribution in [1.82, 2.24) is 5.32 Å². The fraction of sp³-hybridized carbons (Fsp3) is 0.538. The minimum Gasteiger partial charge on any atom is -0.490 e. The number of hydrogen-bond acceptors (Lipinski definition) is 4. The minimum absolute atomic E-state index is 0.556. The molecule has 0 saturated heterocycles. The molecule has 0 aliphatic heterocycles. The summed E-state index contributed by atoms with van der Waals surface area (Å²) in [6.07, 6.45) is 0. The normalized spacial score (nSPS) is 10.6. The molecule has 1 aromatic rings. The lowest BCUT2D eigenvalue weighted by atomic mass is 10.3. The van der Waals surface area contributed by atoms with Crippen LogP contribution in [0.1, 0.15) is 0 Å². The summed E-state index contributed by atoms with van der Waals surface area (Å²) in [5.74, 6) is 0.847. The Hall–Kier alpha value is -0.620. The number of ether oxygens (including phenoxy) is 3. The van der Waals surface area contributed by atoms with E-state index in [1.54, 1.807) is 7.11 Å². The summed E-state index contributed by atoms with van der Waals surface area (Å²) < 4.78 is 16.9. The zero-order valence-electron chi connectivity index (χ0n) is 10.7. The summed E-state index contributed by atoms with van der Waals surface area (Å²) in [6, 6.07) is 7.78. The first-order chi connectivity index (χ1) is 8.84. The summed E-state index contributed by atoms with van der Waals surface area (Å²) in [7, 11) is 1.69. The minimum atomic E-state index is 0.556. The van der Waals surface area contributed by atoms with E-state index < -0.39 is 0 Å². The van der Waals surface area contributed by atoms with Gasteiger partial charge >= 0.3 is 0 Å². The lowest BCUT2D eigenvalue weighted by molar-refractivity contribution is 0.1000. The SMILES string of the molecule is COCCNCCOCCOc1ccccc1Br. The molecular formula is C13H20BrNO3. The molecule has 18 heavy (non-hydrogen) atoms. The van der Waals surface area contributed by atoms with Gasteiger partial charge in [-0.2, -0.15) is 0 Å². The second-order valence-electron chi connectivity index (χ2n) is 3.63. The van der Waals surface area contributed by atoms with Gasteiger partial charge in [0.1, 0.15) is 12.4 Å². The van der Waals surface area contributed by atoms with E-state index >= 15 is 0 Å². The van der Waals surface area contributed by atoms with Crippen LogP contribution in [0.2, 0.25) is 0 Å². The van der Waals surface area contributed by atoms with Gasteiger partial charge in [0.25, 0.3) is 0 Å². The Morgan fingerprint density at radius 2 is 1.83 bits per heavy atom. The Morgan fingerprint density at radius 1 is 1.06 bits per heavy atom. The topological polar surface area (TPSA) is 39.7 Å². The fourth-order valence-electron chi connectivity index (χ4n) is 1.32. The summed E-state index contributed by atoms with van der Waals surface area (Å²) in [6.45, 7) is 4.24. The van der Waals surface area contributed by atoms with E-state index in [2.05, 4.69) is 21.2 Å². The number of methoxy groups -OCH3 is 1. The van der Waals surface area contributed by atoms with Crippen molar-refractivity contribution in [3.05, 3.63) is 28.7 Å². The second kappa shape index (κ2) is 10.3. The average Bonchev–Trinajstić information content (AvgIpc) is 2.39. The van der Waals surface area contributed by atoms with Crippen LogP contribution in [0.4, 0.5) is 0 Å². The van der Waals surface area contributed by atoms with Crippen molar-refractivity contribution in [1.29, 1.82) is 0 Å². The summed E-state index contributed by atoms with van der Waals surface area (Å²) in [4.78, 5) is 0. The van der Waals surface area contributed by atoms with E-state index in [0.29, 0.717) is 19.8 Å². The third-order valence-electron chi connectivity index (χ3n) is 2.23. The molecule has 1 rings (SSSR count). The van der Waals surface area contributed by atoms with Crippen LogP contribution < -0.4 is 10.1 Å². The van der Waals surface area contributed by atoms with E-state index in [1.807, 2.05) is 24.3 Å². The van der Waals surface area contributed by atoms with Gasteiger partial charge in [-0.3, -0.25) is 0 Å². The molecule has 1 aromatic carbocycles. The standard InChI is InChI=1S/C13H20BrNO3/c1-16-8-6-15-7-9-17-10-11-18-13-5-3-2-4-12(13)14/h2-5,15H,6-11H2,1H3. The Labute approximate surface area is 117 Å². The van der Waals surface area contributed by atoms with E-state index in [1.165, 1.54) is 0 Å². The largest absolute Gasteiger partial charge is 0.490 e. The average molecular weight is 318 g/mol. The molecule has 0 unspecified atom stereocenters. The zero-order chi connectivity index (χ0) is 13.1. The highest BCUT2D eigenvalue weighted by molar-refractivity contribution is 9.10. The predicted octanol–water partition coefficient (Wildman–Crippen LogP) is 2.08. The maximum atomic E-state index is 5.57. The van der Waals surface area contributed by atoms with Crippen LogP contribution >= 0.6 is 15.9 Å². The van der Waals surface area contributed by atoms with Crippen LogP contribution in [0.5, 0.6) is 5.75 Å². The van der Waals surface area contributed by atoms with Gasteiger partial charge in [0.2, 0.25) is 0 Å². The van der Waals surface area contributed by atoms with Gasteiger partial charge in [0, 0.05) is 20.2 Å². The van der Waals surface area contributed by atoms with Crippen LogP contribution in [0.25, 0.3) is 0 Å². The van der Waals surface area contributed by atoms with Crippen LogP contribution in [-0.4, -0.2) is 46.6 Å². The first-order valence-electron chi connectivity index (χ1n) is 5.99. The molecule has 0 radical (unpaired) electrons. The number of rotatable bonds is 10. The maximum absolute atomic E-state index is 5.57. The third kappa shape index (κ3) is 6.96. The molecule has 1 N–H and O–H groups in total. The smallest absolute Gasteiger partial charge is 0.133 e. The lowest BCUT2D eigenvalue weighted by Gasteiger charge is -2.09. The van der Waals surface area contributed by atoms with E-state index in [9.17, 15) is 0 Å². The Morgan fingerprint density at radius 3 is 2.61 bits per heavy atom. The molecule has 0 bridgehead atoms. The predicted molar refractivity (Wildman–Crippen MR) is 75.2 cm³/mol. The Kier molecular flexibility index (Phi) is 8.85. The van der Waals surface area contributed by atoms with Gasteiger partial charge in [-0.1, -0.05) is 12.1 Å². The molecule has 4 nitrogen and oxygen atoms in total. The van der Waals surface area contributed by atoms with Crippen molar-refractivity contribution in [2.45, 2.75) is 0 Å². The number of nitrogens with one attached hydrogen (secondary N) is 1. The zero-order valence-corrected chi connectivity index (χ0v) is 12.2. The molecular weight excluding hydrogens is 298 g/mol. The number of hydrogen-bond donors (Lipinski definition) is 1. The molecule has 0 heterocycles. The number of benzene rings is 1. The Bertz CT molecular complexity index is 323. The highest BCUT2D eigenvalue weighted by Crippen LogP contribution is 2.23. The molecule has 0 amide bonds. The number of halogens is 1. The van der Waals surface area contributed by atoms with Gasteiger partial charge in [-0.25, -0.2) is 0 Å². The maximum Gasteiger partial charge on any atom is 0.133 e. The molecule has 0 aromatic heterocycles. The van der Waals surface area contributed by atoms with E-state index in [4.69, 9.17) is 14.2 Å². The molecule has 102 valence electrons. The fourth-order valence-corrected chi connectivity index (χ4v) is 1.72. The van der Waals surface area contributed by atoms with Crippen molar-refractivity contribution >= 4 is 15.9 Å². The van der Waals surface area contributed by atoms with Crippen molar-refractivity contribution in [3.8, 4) is 5.75 Å². The van der Waals surface area contributed by atoms with Crippen LogP contribution in [-0.2, 0) is 9.47 Å². The molecule has 0 atom stereocenters. The van der Waals surface area contributed by atoms with Crippen LogP contribution in [0.3, 0.4) is 0 Å². The summed E-state index contributed by atoms with van der Waals surface area (Å²) in [5, 5.41) is 3.21. The quantitative estimate of drug-likeness (QED) is 0.671. The van der Waals surface area contributed by atoms with Gasteiger partial charge in [0.05, 0.1) is 24.3 Å². The molecule has 0 aliphatic carbocycles. The molecule has 5 heteroatoms. The van der Waals surface area contributed by atoms with Crippen molar-refractivity contribution in [2.75, 3.05) is 46.6 Å². The first-order valence-corrected chi connectivity index (χ1v) is 6.78. The van der Waals surface area contributed by atoms with Gasteiger partial charge < -0.3 is 19.5 Å². The van der Waals surface area contributed by atoms with Crippen LogP contribution in [0.15, 0.2) is 28.7 Å². The summed E-state index contributed by atoms with van der Waals surface area (Å²) >= 11 is 3.43. The molecule has 0 aliphatic rings. The lowest BCUT2D eigenvalue weighted by Crippen LogP contribution is -2.24. The Balaban J connectivity index is 1.94. The molecule has 0 saturated carbocycles. The van der Waals surface area contributed by atoms with E-state index in [-0.39, 0.29) is 0 Å². The highest BCUT2D eigenvalue weighted by Gasteiger charge is 1.98. The van der Waals surface area contributed by atoms with Gasteiger partial charge in [-0.15, -0.1) is 0 Å². The number of para-hydroxylation sites is 1. The third-order valence-corrected chi connectivity index (χ3v) is 2.88. The van der Waals surface area contributed by atoms with Crippen molar-refractivity contribution in [2.24, 2.45) is 0 Å². The van der Waals surface area contributed by atoms with Crippen molar-refractivity contribution in [3.63, 3.8) is 0 Å². The second-order valence-corrected chi connectivity index (χ2v) is 4.49. The highest BCUT2D eigenvalue weighted by atomic mass is 79.9. The molecule has 0 spiro atoms. The van der Waals surface area contributed by atoms with Crippen LogP contribution in [0, 0.1) is 0 Å². The van der Waals surface area contributed by atoms with Gasteiger partial charge in [0.15, 0.2) is 0 Å². The monoisotopic (exact) mass is 317 g/mol. The van der Waals surface area contributed by atoms with Crippen molar-refractivity contribution < 1.29 is 14.2 Å². The van der Waals surface area contributed by atoms with E-state index in [0.717, 1.165) is 29.9 Å². The van der Waals surface area contributed by atoms with Gasteiger partial charge in [-0.05, 0) is 28.1 Å². The summed E-state index contributed by atoms with van der Waals surface area (Å²) in [5.41, 5.74) is 0.